The lowest BCUT2D eigenvalue weighted by Crippen LogP contribution is -2.37. The smallest absolute Gasteiger partial charge is 0.261 e. The highest BCUT2D eigenvalue weighted by atomic mass is 35.5. The summed E-state index contributed by atoms with van der Waals surface area (Å²) in [5.74, 6) is -2.36. The third kappa shape index (κ3) is 6.68. The van der Waals surface area contributed by atoms with Crippen molar-refractivity contribution >= 4 is 47.3 Å². The van der Waals surface area contributed by atoms with Crippen molar-refractivity contribution in [3.05, 3.63) is 83.9 Å². The van der Waals surface area contributed by atoms with Crippen molar-refractivity contribution in [2.45, 2.75) is 0 Å². The van der Waals surface area contributed by atoms with Gasteiger partial charge in [-0.05, 0) is 30.3 Å². The van der Waals surface area contributed by atoms with Crippen LogP contribution in [-0.4, -0.2) is 47.2 Å². The zero-order chi connectivity index (χ0) is 27.4. The predicted molar refractivity (Wildman–Crippen MR) is 145 cm³/mol. The number of hydrogen-bond donors (Lipinski definition) is 3. The molecule has 1 amide bonds. The zero-order valence-electron chi connectivity index (χ0n) is 20.7. The fourth-order valence-electron chi connectivity index (χ4n) is 3.75. The maximum absolute atomic E-state index is 14.9. The van der Waals surface area contributed by atoms with E-state index in [9.17, 15) is 18.0 Å². The Morgan fingerprint density at radius 3 is 2.52 bits per heavy atom. The van der Waals surface area contributed by atoms with Crippen molar-refractivity contribution in [1.29, 1.82) is 0 Å². The van der Waals surface area contributed by atoms with Crippen LogP contribution in [0.15, 0.2) is 60.9 Å². The Hall–Kier alpha value is -4.62. The van der Waals surface area contributed by atoms with E-state index in [0.29, 0.717) is 44.1 Å². The van der Waals surface area contributed by atoms with E-state index in [4.69, 9.17) is 15.2 Å². The highest BCUT2D eigenvalue weighted by Crippen LogP contribution is 2.30. The number of benzene rings is 2. The molecule has 0 atom stereocenters. The molecule has 0 spiro atoms. The maximum atomic E-state index is 14.9. The molecule has 5 rings (SSSR count). The summed E-state index contributed by atoms with van der Waals surface area (Å²) in [6.07, 6.45) is 2.71. The molecule has 1 aliphatic rings. The van der Waals surface area contributed by atoms with Gasteiger partial charge in [0.05, 0.1) is 18.9 Å². The molecule has 0 unspecified atom stereocenters. The second kappa shape index (κ2) is 12.5. The number of morpholine rings is 1. The topological polar surface area (TPSA) is 128 Å². The van der Waals surface area contributed by atoms with Gasteiger partial charge in [0.1, 0.15) is 34.6 Å². The molecular weight excluding hydrogens is 551 g/mol. The van der Waals surface area contributed by atoms with Gasteiger partial charge in [0.25, 0.3) is 5.91 Å². The first-order chi connectivity index (χ1) is 18.9. The number of amides is 1. The molecule has 0 saturated carbocycles. The molecule has 4 N–H and O–H groups in total. The molecule has 14 heteroatoms. The Balaban J connectivity index is 0.00000370. The van der Waals surface area contributed by atoms with Gasteiger partial charge in [-0.2, -0.15) is 4.98 Å². The monoisotopic (exact) mass is 573 g/mol. The average molecular weight is 574 g/mol. The first-order valence-corrected chi connectivity index (χ1v) is 11.8. The number of nitrogens with two attached hydrogens (primary N) is 1. The molecular formula is C26H23ClF3N7O3. The van der Waals surface area contributed by atoms with E-state index in [0.717, 1.165) is 18.2 Å². The quantitative estimate of drug-likeness (QED) is 0.282. The predicted octanol–water partition coefficient (Wildman–Crippen LogP) is 4.92. The number of pyridine rings is 1. The second-order valence-electron chi connectivity index (χ2n) is 8.40. The van der Waals surface area contributed by atoms with Gasteiger partial charge in [-0.3, -0.25) is 4.79 Å². The third-order valence-electron chi connectivity index (χ3n) is 5.67. The fourth-order valence-corrected chi connectivity index (χ4v) is 3.75. The van der Waals surface area contributed by atoms with Crippen LogP contribution in [0.3, 0.4) is 0 Å². The van der Waals surface area contributed by atoms with Crippen LogP contribution in [0.5, 0.6) is 11.5 Å². The minimum absolute atomic E-state index is 0. The van der Waals surface area contributed by atoms with Gasteiger partial charge in [0.2, 0.25) is 5.95 Å². The van der Waals surface area contributed by atoms with Gasteiger partial charge < -0.3 is 30.7 Å². The van der Waals surface area contributed by atoms with Crippen LogP contribution in [-0.2, 0) is 4.74 Å². The molecule has 3 heterocycles. The maximum Gasteiger partial charge on any atom is 0.261 e. The number of carbonyl (C=O) groups excluding carboxylic acids is 1. The molecule has 10 nitrogen and oxygen atoms in total. The summed E-state index contributed by atoms with van der Waals surface area (Å²) in [6, 6.07) is 9.84. The first-order valence-electron chi connectivity index (χ1n) is 11.8. The SMILES string of the molecule is Cl.Nc1cc(Oc2ccc(Nc3nc(N4CCOCC4)ncc3C(=O)Nc3ccc(F)cc3F)cc2F)ccn1. The average Bonchev–Trinajstić information content (AvgIpc) is 2.92. The van der Waals surface area contributed by atoms with Crippen LogP contribution in [0.2, 0.25) is 0 Å². The van der Waals surface area contributed by atoms with Crippen LogP contribution in [0.4, 0.5) is 42.1 Å². The van der Waals surface area contributed by atoms with E-state index in [2.05, 4.69) is 25.6 Å². The molecule has 1 aliphatic heterocycles. The highest BCUT2D eigenvalue weighted by molar-refractivity contribution is 6.07. The number of nitrogen functional groups attached to an aromatic ring is 1. The van der Waals surface area contributed by atoms with E-state index >= 15 is 0 Å². The molecule has 40 heavy (non-hydrogen) atoms. The Morgan fingerprint density at radius 2 is 1.80 bits per heavy atom. The summed E-state index contributed by atoms with van der Waals surface area (Å²) < 4.78 is 53.3. The number of halogens is 4. The van der Waals surface area contributed by atoms with Gasteiger partial charge in [0.15, 0.2) is 11.6 Å². The van der Waals surface area contributed by atoms with Gasteiger partial charge in [0, 0.05) is 49.4 Å². The van der Waals surface area contributed by atoms with E-state index in [1.165, 1.54) is 36.7 Å². The van der Waals surface area contributed by atoms with Crippen LogP contribution in [0, 0.1) is 17.5 Å². The molecule has 4 aromatic rings. The molecule has 208 valence electrons. The molecule has 2 aromatic carbocycles. The van der Waals surface area contributed by atoms with Crippen molar-refractivity contribution in [2.75, 3.05) is 47.6 Å². The Bertz CT molecular complexity index is 1520. The second-order valence-corrected chi connectivity index (χ2v) is 8.40. The van der Waals surface area contributed by atoms with Crippen molar-refractivity contribution in [3.63, 3.8) is 0 Å². The largest absolute Gasteiger partial charge is 0.454 e. The van der Waals surface area contributed by atoms with E-state index in [-0.39, 0.29) is 46.7 Å². The van der Waals surface area contributed by atoms with Crippen molar-refractivity contribution < 1.29 is 27.4 Å². The lowest BCUT2D eigenvalue weighted by molar-refractivity contribution is 0.102. The van der Waals surface area contributed by atoms with Gasteiger partial charge >= 0.3 is 0 Å². The molecule has 0 radical (unpaired) electrons. The Labute approximate surface area is 232 Å². The summed E-state index contributed by atoms with van der Waals surface area (Å²) in [5, 5.41) is 5.32. The molecule has 2 aromatic heterocycles. The molecule has 1 fully saturated rings. The van der Waals surface area contributed by atoms with Gasteiger partial charge in [-0.25, -0.2) is 23.1 Å². The number of nitrogens with zero attached hydrogens (tertiary/aromatic N) is 4. The minimum atomic E-state index is -0.947. The van der Waals surface area contributed by atoms with Crippen LogP contribution < -0.4 is 26.0 Å². The molecule has 0 aliphatic carbocycles. The summed E-state index contributed by atoms with van der Waals surface area (Å²) >= 11 is 0. The highest BCUT2D eigenvalue weighted by Gasteiger charge is 2.21. The first kappa shape index (κ1) is 28.4. The number of aromatic nitrogens is 3. The standard InChI is InChI=1S/C26H22F3N7O3.ClH/c27-15-1-3-21(19(28)11-15)34-25(37)18-14-32-26(36-7-9-38-10-8-36)35-24(18)33-16-2-4-22(20(29)12-16)39-17-5-6-31-23(30)13-17;/h1-6,11-14H,7-10H2,(H2,30,31)(H,34,37)(H,32,33,35);1H. The third-order valence-corrected chi connectivity index (χ3v) is 5.67. The lowest BCUT2D eigenvalue weighted by Gasteiger charge is -2.27. The number of rotatable bonds is 7. The van der Waals surface area contributed by atoms with Crippen molar-refractivity contribution in [2.24, 2.45) is 0 Å². The van der Waals surface area contributed by atoms with Gasteiger partial charge in [-0.1, -0.05) is 0 Å². The molecule has 0 bridgehead atoms. The zero-order valence-corrected chi connectivity index (χ0v) is 21.6. The number of anilines is 5. The van der Waals surface area contributed by atoms with Crippen LogP contribution in [0.1, 0.15) is 10.4 Å². The van der Waals surface area contributed by atoms with Crippen molar-refractivity contribution in [3.8, 4) is 11.5 Å². The number of carbonyl (C=O) groups is 1. The number of ether oxygens (including phenoxy) is 2. The lowest BCUT2D eigenvalue weighted by atomic mass is 10.2. The van der Waals surface area contributed by atoms with Crippen LogP contribution in [0.25, 0.3) is 0 Å². The van der Waals surface area contributed by atoms with E-state index in [1.807, 2.05) is 4.90 Å². The van der Waals surface area contributed by atoms with Crippen molar-refractivity contribution in [1.82, 2.24) is 15.0 Å². The summed E-state index contributed by atoms with van der Waals surface area (Å²) in [7, 11) is 0. The Morgan fingerprint density at radius 1 is 1.00 bits per heavy atom. The molecule has 1 saturated heterocycles. The summed E-state index contributed by atoms with van der Waals surface area (Å²) in [6.45, 7) is 2.03. The summed E-state index contributed by atoms with van der Waals surface area (Å²) in [4.78, 5) is 27.6. The van der Waals surface area contributed by atoms with E-state index < -0.39 is 23.4 Å². The minimum Gasteiger partial charge on any atom is -0.454 e. The fraction of sp³-hybridized carbons (Fsp3) is 0.154. The van der Waals surface area contributed by atoms with E-state index in [1.54, 1.807) is 0 Å². The summed E-state index contributed by atoms with van der Waals surface area (Å²) in [5.41, 5.74) is 5.61. The Kier molecular flexibility index (Phi) is 8.86. The number of hydrogen-bond acceptors (Lipinski definition) is 9. The van der Waals surface area contributed by atoms with Gasteiger partial charge in [-0.15, -0.1) is 12.4 Å². The van der Waals surface area contributed by atoms with Crippen LogP contribution >= 0.6 is 12.4 Å². The number of nitrogens with one attached hydrogen (secondary N) is 2. The normalized spacial score (nSPS) is 12.8.